The molecule has 2 aliphatic rings. The summed E-state index contributed by atoms with van der Waals surface area (Å²) in [6, 6.07) is 12.6. The molecule has 0 radical (unpaired) electrons. The van der Waals surface area contributed by atoms with E-state index in [-0.39, 0.29) is 12.4 Å². The van der Waals surface area contributed by atoms with E-state index in [1.165, 1.54) is 0 Å². The van der Waals surface area contributed by atoms with Gasteiger partial charge in [0.1, 0.15) is 24.2 Å². The number of epoxide rings is 1. The number of allylic oxidation sites excluding steroid dienone is 2. The van der Waals surface area contributed by atoms with E-state index in [0.29, 0.717) is 6.61 Å². The first-order valence-corrected chi connectivity index (χ1v) is 9.77. The van der Waals surface area contributed by atoms with Crippen LogP contribution >= 0.6 is 0 Å². The highest BCUT2D eigenvalue weighted by Crippen LogP contribution is 2.32. The van der Waals surface area contributed by atoms with Crippen molar-refractivity contribution >= 4 is 0 Å². The molecule has 0 spiro atoms. The van der Waals surface area contributed by atoms with Crippen molar-refractivity contribution in [3.63, 3.8) is 0 Å². The minimum Gasteiger partial charge on any atom is -0.490 e. The Hall–Kier alpha value is -2.56. The second kappa shape index (κ2) is 8.63. The average molecular weight is 378 g/mol. The molecular formula is C24H26O4. The van der Waals surface area contributed by atoms with E-state index in [0.717, 1.165) is 66.2 Å². The Bertz CT molecular complexity index is 850. The lowest BCUT2D eigenvalue weighted by Crippen LogP contribution is -2.32. The molecule has 2 aromatic rings. The zero-order valence-electron chi connectivity index (χ0n) is 16.1. The lowest BCUT2D eigenvalue weighted by Gasteiger charge is -2.28. The van der Waals surface area contributed by atoms with Crippen molar-refractivity contribution in [2.24, 2.45) is 0 Å². The summed E-state index contributed by atoms with van der Waals surface area (Å²) in [5.74, 6) is 1.76. The number of rotatable bonds is 10. The van der Waals surface area contributed by atoms with Gasteiger partial charge < -0.3 is 18.9 Å². The molecule has 146 valence electrons. The lowest BCUT2D eigenvalue weighted by molar-refractivity contribution is -0.165. The van der Waals surface area contributed by atoms with Crippen LogP contribution in [0.15, 0.2) is 61.7 Å². The normalized spacial score (nSPS) is 20.1. The predicted octanol–water partition coefficient (Wildman–Crippen LogP) is 4.71. The molecule has 2 saturated heterocycles. The fourth-order valence-corrected chi connectivity index (χ4v) is 3.20. The van der Waals surface area contributed by atoms with Crippen LogP contribution in [0.4, 0.5) is 0 Å². The monoisotopic (exact) mass is 378 g/mol. The smallest absolute Gasteiger partial charge is 0.202 e. The van der Waals surface area contributed by atoms with Gasteiger partial charge in [-0.1, -0.05) is 24.3 Å². The van der Waals surface area contributed by atoms with Gasteiger partial charge in [-0.25, -0.2) is 0 Å². The fourth-order valence-electron chi connectivity index (χ4n) is 3.20. The van der Waals surface area contributed by atoms with Gasteiger partial charge in [0, 0.05) is 6.42 Å². The molecule has 2 unspecified atom stereocenters. The van der Waals surface area contributed by atoms with E-state index in [4.69, 9.17) is 18.9 Å². The molecule has 4 nitrogen and oxygen atoms in total. The highest BCUT2D eigenvalue weighted by molar-refractivity contribution is 5.68. The molecule has 2 aromatic carbocycles. The molecule has 0 N–H and O–H groups in total. The number of hydrogen-bond acceptors (Lipinski definition) is 4. The van der Waals surface area contributed by atoms with Crippen molar-refractivity contribution in [2.75, 3.05) is 19.8 Å². The molecule has 4 heteroatoms. The third-order valence-electron chi connectivity index (χ3n) is 4.93. The summed E-state index contributed by atoms with van der Waals surface area (Å²) in [5, 5.41) is 0. The Morgan fingerprint density at radius 1 is 0.929 bits per heavy atom. The summed E-state index contributed by atoms with van der Waals surface area (Å²) in [5.41, 5.74) is 4.52. The third kappa shape index (κ3) is 4.46. The summed E-state index contributed by atoms with van der Waals surface area (Å²) in [4.78, 5) is 0. The van der Waals surface area contributed by atoms with Gasteiger partial charge in [-0.3, -0.25) is 0 Å². The summed E-state index contributed by atoms with van der Waals surface area (Å²) in [7, 11) is 0. The standard InChI is InChI=1S/C24H26O4/c1-3-5-19-13-17(7-9-22(19)27-16-21-15-26-21)18-8-10-23(20(14-18)6-4-2)28-24-11-12-25-24/h3-4,7-10,13-14,21,24H,1-2,5-6,11-12,15-16H2. The first kappa shape index (κ1) is 18.8. The molecule has 4 rings (SSSR count). The third-order valence-corrected chi connectivity index (χ3v) is 4.93. The molecule has 0 saturated carbocycles. The quantitative estimate of drug-likeness (QED) is 0.443. The summed E-state index contributed by atoms with van der Waals surface area (Å²) >= 11 is 0. The Morgan fingerprint density at radius 3 is 2.07 bits per heavy atom. The van der Waals surface area contributed by atoms with Gasteiger partial charge in [0.25, 0.3) is 0 Å². The molecule has 28 heavy (non-hydrogen) atoms. The zero-order valence-corrected chi connectivity index (χ0v) is 16.1. The van der Waals surface area contributed by atoms with Crippen molar-refractivity contribution in [1.29, 1.82) is 0 Å². The first-order valence-electron chi connectivity index (χ1n) is 9.77. The van der Waals surface area contributed by atoms with Crippen LogP contribution in [0.5, 0.6) is 11.5 Å². The van der Waals surface area contributed by atoms with Gasteiger partial charge in [-0.2, -0.15) is 0 Å². The number of hydrogen-bond donors (Lipinski definition) is 0. The zero-order chi connectivity index (χ0) is 19.3. The highest BCUT2D eigenvalue weighted by atomic mass is 16.7. The van der Waals surface area contributed by atoms with E-state index >= 15 is 0 Å². The SMILES string of the molecule is C=CCc1cc(-c2ccc(OC3CCO3)c(CC=C)c2)ccc1OCC1CO1. The van der Waals surface area contributed by atoms with Gasteiger partial charge in [-0.15, -0.1) is 13.2 Å². The van der Waals surface area contributed by atoms with Crippen LogP contribution in [0.3, 0.4) is 0 Å². The van der Waals surface area contributed by atoms with Gasteiger partial charge >= 0.3 is 0 Å². The van der Waals surface area contributed by atoms with Gasteiger partial charge in [0.15, 0.2) is 0 Å². The van der Waals surface area contributed by atoms with Crippen molar-refractivity contribution < 1.29 is 18.9 Å². The predicted molar refractivity (Wildman–Crippen MR) is 110 cm³/mol. The van der Waals surface area contributed by atoms with Crippen LogP contribution in [-0.2, 0) is 22.3 Å². The van der Waals surface area contributed by atoms with E-state index in [1.54, 1.807) is 0 Å². The van der Waals surface area contributed by atoms with E-state index in [1.807, 2.05) is 24.3 Å². The molecule has 2 heterocycles. The van der Waals surface area contributed by atoms with E-state index in [2.05, 4.69) is 37.4 Å². The van der Waals surface area contributed by atoms with Crippen molar-refractivity contribution in [3.05, 3.63) is 72.8 Å². The second-order valence-corrected chi connectivity index (χ2v) is 7.10. The van der Waals surface area contributed by atoms with Crippen LogP contribution in [0.1, 0.15) is 17.5 Å². The van der Waals surface area contributed by atoms with Crippen LogP contribution in [0.25, 0.3) is 11.1 Å². The van der Waals surface area contributed by atoms with Crippen LogP contribution in [-0.4, -0.2) is 32.2 Å². The maximum Gasteiger partial charge on any atom is 0.202 e. The summed E-state index contributed by atoms with van der Waals surface area (Å²) in [6.07, 6.45) is 6.36. The maximum atomic E-state index is 5.95. The largest absolute Gasteiger partial charge is 0.490 e. The van der Waals surface area contributed by atoms with E-state index in [9.17, 15) is 0 Å². The summed E-state index contributed by atoms with van der Waals surface area (Å²) in [6.45, 7) is 9.92. The summed E-state index contributed by atoms with van der Waals surface area (Å²) < 4.78 is 22.5. The van der Waals surface area contributed by atoms with Crippen LogP contribution in [0, 0.1) is 0 Å². The van der Waals surface area contributed by atoms with Crippen molar-refractivity contribution in [2.45, 2.75) is 31.7 Å². The van der Waals surface area contributed by atoms with Crippen molar-refractivity contribution in [3.8, 4) is 22.6 Å². The highest BCUT2D eigenvalue weighted by Gasteiger charge is 2.24. The molecule has 2 aliphatic heterocycles. The van der Waals surface area contributed by atoms with Crippen LogP contribution < -0.4 is 9.47 Å². The fraction of sp³-hybridized carbons (Fsp3) is 0.333. The molecule has 0 amide bonds. The van der Waals surface area contributed by atoms with Gasteiger partial charge in [0.2, 0.25) is 6.29 Å². The lowest BCUT2D eigenvalue weighted by atomic mass is 9.98. The molecular weight excluding hydrogens is 352 g/mol. The van der Waals surface area contributed by atoms with Gasteiger partial charge in [0.05, 0.1) is 13.2 Å². The Labute approximate surface area is 166 Å². The minimum absolute atomic E-state index is 0.125. The number of benzene rings is 2. The first-order chi connectivity index (χ1) is 13.8. The Balaban J connectivity index is 1.58. The Kier molecular flexibility index (Phi) is 5.79. The van der Waals surface area contributed by atoms with Crippen LogP contribution in [0.2, 0.25) is 0 Å². The maximum absolute atomic E-state index is 5.95. The van der Waals surface area contributed by atoms with E-state index < -0.39 is 0 Å². The minimum atomic E-state index is -0.125. The van der Waals surface area contributed by atoms with Crippen molar-refractivity contribution in [1.82, 2.24) is 0 Å². The molecule has 2 atom stereocenters. The topological polar surface area (TPSA) is 40.2 Å². The Morgan fingerprint density at radius 2 is 1.54 bits per heavy atom. The van der Waals surface area contributed by atoms with Gasteiger partial charge in [-0.05, 0) is 59.4 Å². The average Bonchev–Trinajstić information content (AvgIpc) is 3.49. The second-order valence-electron chi connectivity index (χ2n) is 7.10. The number of ether oxygens (including phenoxy) is 4. The molecule has 2 fully saturated rings. The molecule has 0 aliphatic carbocycles. The molecule has 0 aromatic heterocycles. The molecule has 0 bridgehead atoms.